The Morgan fingerprint density at radius 1 is 0.351 bits per heavy atom. The van der Waals surface area contributed by atoms with Gasteiger partial charge in [-0.15, -0.1) is 0 Å². The molecule has 0 saturated heterocycles. The van der Waals surface area contributed by atoms with Gasteiger partial charge in [0.1, 0.15) is 0 Å². The van der Waals surface area contributed by atoms with E-state index in [0.717, 1.165) is 71.6 Å². The molecule has 0 spiro atoms. The molecule has 2 aromatic rings. The predicted octanol–water partition coefficient (Wildman–Crippen LogP) is -0.201. The third kappa shape index (κ3) is 15.4. The minimum absolute atomic E-state index is 0.127. The molecule has 2 aromatic heterocycles. The lowest BCUT2D eigenvalue weighted by Gasteiger charge is -2.08. The fourth-order valence-electron chi connectivity index (χ4n) is 3.55. The Morgan fingerprint density at radius 3 is 1.03 bits per heavy atom. The van der Waals surface area contributed by atoms with Crippen molar-refractivity contribution in [2.75, 3.05) is 85.9 Å². The third-order valence-electron chi connectivity index (χ3n) is 5.38. The van der Waals surface area contributed by atoms with Gasteiger partial charge in [0.05, 0.1) is 0 Å². The van der Waals surface area contributed by atoms with Gasteiger partial charge in [0.15, 0.2) is 0 Å². The summed E-state index contributed by atoms with van der Waals surface area (Å²) in [6.07, 6.45) is 9.31. The Kier molecular flexibility index (Phi) is 15.3. The predicted molar refractivity (Wildman–Crippen MR) is 150 cm³/mol. The van der Waals surface area contributed by atoms with Crippen LogP contribution in [0.15, 0.2) is 0 Å². The molecule has 0 aliphatic rings. The highest BCUT2D eigenvalue weighted by Crippen LogP contribution is 2.04. The van der Waals surface area contributed by atoms with Crippen LogP contribution in [-0.4, -0.2) is 82.3 Å². The standard InChI is InChI=1S/C22H45N15/c23-17-32-18(24)35-21(34-17)30-15-7-13-28-10-5-3-1-2-4-9-27-11-6-12-29-14-8-16-31-22-36-19(25)33-20(26)37-22/h27-29H,1-16H2,(H5,23,24,30,32,34,35)(H5,25,26,31,33,36,37). The van der Waals surface area contributed by atoms with Crippen molar-refractivity contribution in [1.82, 2.24) is 45.9 Å². The molecule has 0 saturated carbocycles. The van der Waals surface area contributed by atoms with Gasteiger partial charge >= 0.3 is 0 Å². The van der Waals surface area contributed by atoms with Gasteiger partial charge in [-0.1, -0.05) is 19.3 Å². The molecule has 15 nitrogen and oxygen atoms in total. The first kappa shape index (κ1) is 29.9. The van der Waals surface area contributed by atoms with Crippen LogP contribution in [0.25, 0.3) is 0 Å². The quantitative estimate of drug-likeness (QED) is 0.0914. The number of unbranched alkanes of at least 4 members (excludes halogenated alkanes) is 4. The second-order valence-electron chi connectivity index (χ2n) is 8.68. The number of nitrogens with two attached hydrogens (primary N) is 4. The van der Waals surface area contributed by atoms with Gasteiger partial charge in [-0.25, -0.2) is 0 Å². The van der Waals surface area contributed by atoms with Crippen molar-refractivity contribution in [3.05, 3.63) is 0 Å². The van der Waals surface area contributed by atoms with Crippen LogP contribution in [0.1, 0.15) is 51.4 Å². The summed E-state index contributed by atoms with van der Waals surface area (Å²) in [7, 11) is 0. The van der Waals surface area contributed by atoms with E-state index in [1.54, 1.807) is 0 Å². The van der Waals surface area contributed by atoms with Gasteiger partial charge in [0.25, 0.3) is 0 Å². The number of aromatic nitrogens is 6. The number of rotatable bonds is 22. The molecule has 0 fully saturated rings. The summed E-state index contributed by atoms with van der Waals surface area (Å²) >= 11 is 0. The number of nitrogens with zero attached hydrogens (tertiary/aromatic N) is 6. The molecule has 13 N–H and O–H groups in total. The van der Waals surface area contributed by atoms with Crippen LogP contribution < -0.4 is 49.5 Å². The Balaban J connectivity index is 1.25. The molecule has 0 aliphatic carbocycles. The van der Waals surface area contributed by atoms with E-state index in [2.05, 4.69) is 56.5 Å². The van der Waals surface area contributed by atoms with Crippen molar-refractivity contribution in [3.63, 3.8) is 0 Å². The Hall–Kier alpha value is -3.30. The van der Waals surface area contributed by atoms with Gasteiger partial charge in [0, 0.05) is 13.1 Å². The molecule has 0 aliphatic heterocycles. The van der Waals surface area contributed by atoms with E-state index in [-0.39, 0.29) is 23.8 Å². The van der Waals surface area contributed by atoms with Crippen molar-refractivity contribution in [2.45, 2.75) is 51.4 Å². The minimum Gasteiger partial charge on any atom is -0.368 e. The lowest BCUT2D eigenvalue weighted by Crippen LogP contribution is -2.24. The summed E-state index contributed by atoms with van der Waals surface area (Å²) in [5, 5.41) is 16.6. The number of hydrogen-bond acceptors (Lipinski definition) is 15. The van der Waals surface area contributed by atoms with Gasteiger partial charge in [0.2, 0.25) is 35.7 Å². The molecule has 15 heteroatoms. The first-order chi connectivity index (χ1) is 18.0. The zero-order chi connectivity index (χ0) is 26.6. The normalized spacial score (nSPS) is 11.0. The van der Waals surface area contributed by atoms with Crippen LogP contribution in [0.2, 0.25) is 0 Å². The van der Waals surface area contributed by atoms with Crippen LogP contribution in [0.5, 0.6) is 0 Å². The minimum atomic E-state index is 0.127. The topological polar surface area (TPSA) is 242 Å². The molecule has 208 valence electrons. The van der Waals surface area contributed by atoms with Crippen LogP contribution in [0.4, 0.5) is 35.7 Å². The van der Waals surface area contributed by atoms with Crippen molar-refractivity contribution >= 4 is 35.7 Å². The summed E-state index contributed by atoms with van der Waals surface area (Å²) in [5.41, 5.74) is 22.2. The van der Waals surface area contributed by atoms with Gasteiger partial charge in [-0.2, -0.15) is 29.9 Å². The molecule has 2 rings (SSSR count). The van der Waals surface area contributed by atoms with Gasteiger partial charge < -0.3 is 49.5 Å². The second-order valence-corrected chi connectivity index (χ2v) is 8.68. The van der Waals surface area contributed by atoms with Gasteiger partial charge in [-0.05, 0) is 71.4 Å². The molecule has 0 radical (unpaired) electrons. The summed E-state index contributed by atoms with van der Waals surface area (Å²) in [5.74, 6) is 1.36. The maximum absolute atomic E-state index is 5.55. The fourth-order valence-corrected chi connectivity index (χ4v) is 3.55. The smallest absolute Gasteiger partial charge is 0.229 e. The number of hydrogen-bond donors (Lipinski definition) is 9. The van der Waals surface area contributed by atoms with Crippen molar-refractivity contribution < 1.29 is 0 Å². The molecule has 0 unspecified atom stereocenters. The van der Waals surface area contributed by atoms with E-state index < -0.39 is 0 Å². The first-order valence-electron chi connectivity index (χ1n) is 13.2. The number of nitrogens with one attached hydrogen (secondary N) is 5. The monoisotopic (exact) mass is 519 g/mol. The average molecular weight is 520 g/mol. The fraction of sp³-hybridized carbons (Fsp3) is 0.727. The molecular weight excluding hydrogens is 474 g/mol. The Labute approximate surface area is 219 Å². The van der Waals surface area contributed by atoms with E-state index in [4.69, 9.17) is 22.9 Å². The van der Waals surface area contributed by atoms with E-state index in [1.165, 1.54) is 32.1 Å². The molecule has 2 heterocycles. The highest BCUT2D eigenvalue weighted by Gasteiger charge is 2.01. The van der Waals surface area contributed by atoms with Crippen molar-refractivity contribution in [3.8, 4) is 0 Å². The largest absolute Gasteiger partial charge is 0.368 e. The molecule has 0 amide bonds. The average Bonchev–Trinajstić information content (AvgIpc) is 2.84. The molecule has 0 aromatic carbocycles. The zero-order valence-corrected chi connectivity index (χ0v) is 21.8. The van der Waals surface area contributed by atoms with E-state index in [9.17, 15) is 0 Å². The second kappa shape index (κ2) is 18.9. The van der Waals surface area contributed by atoms with E-state index >= 15 is 0 Å². The third-order valence-corrected chi connectivity index (χ3v) is 5.38. The summed E-state index contributed by atoms with van der Waals surface area (Å²) in [4.78, 5) is 23.4. The van der Waals surface area contributed by atoms with Crippen LogP contribution in [0, 0.1) is 0 Å². The summed E-state index contributed by atoms with van der Waals surface area (Å²) < 4.78 is 0. The Morgan fingerprint density at radius 2 is 0.649 bits per heavy atom. The maximum atomic E-state index is 5.55. The maximum Gasteiger partial charge on any atom is 0.229 e. The van der Waals surface area contributed by atoms with E-state index in [1.807, 2.05) is 0 Å². The van der Waals surface area contributed by atoms with E-state index in [0.29, 0.717) is 11.9 Å². The highest BCUT2D eigenvalue weighted by atomic mass is 15.2. The van der Waals surface area contributed by atoms with Crippen LogP contribution in [-0.2, 0) is 0 Å². The number of nitrogen functional groups attached to an aromatic ring is 4. The van der Waals surface area contributed by atoms with Crippen LogP contribution in [0.3, 0.4) is 0 Å². The first-order valence-corrected chi connectivity index (χ1v) is 13.2. The summed E-state index contributed by atoms with van der Waals surface area (Å²) in [6.45, 7) is 7.57. The molecular formula is C22H45N15. The van der Waals surface area contributed by atoms with Crippen LogP contribution >= 0.6 is 0 Å². The lowest BCUT2D eigenvalue weighted by molar-refractivity contribution is 0.542. The molecule has 0 bridgehead atoms. The zero-order valence-electron chi connectivity index (χ0n) is 21.8. The Bertz CT molecular complexity index is 756. The van der Waals surface area contributed by atoms with Gasteiger partial charge in [-0.3, -0.25) is 0 Å². The number of anilines is 6. The molecule has 37 heavy (non-hydrogen) atoms. The highest BCUT2D eigenvalue weighted by molar-refractivity contribution is 5.37. The lowest BCUT2D eigenvalue weighted by atomic mass is 10.1. The van der Waals surface area contributed by atoms with Crippen molar-refractivity contribution in [1.29, 1.82) is 0 Å². The van der Waals surface area contributed by atoms with Crippen molar-refractivity contribution in [2.24, 2.45) is 0 Å². The summed E-state index contributed by atoms with van der Waals surface area (Å²) in [6, 6.07) is 0. The molecule has 0 atom stereocenters. The SMILES string of the molecule is Nc1nc(N)nc(NCCCNCCCCCCCNCCCNCCCNc2nc(N)nc(N)n2)n1.